The average Bonchev–Trinajstić information content (AvgIpc) is 3.11. The van der Waals surface area contributed by atoms with Gasteiger partial charge in [0.05, 0.1) is 30.9 Å². The molecule has 0 bridgehead atoms. The van der Waals surface area contributed by atoms with Gasteiger partial charge in [0.25, 0.3) is 0 Å². The van der Waals surface area contributed by atoms with Crippen LogP contribution < -0.4 is 9.62 Å². The first kappa shape index (κ1) is 17.2. The quantitative estimate of drug-likeness (QED) is 0.796. The van der Waals surface area contributed by atoms with Crippen molar-refractivity contribution in [3.63, 3.8) is 0 Å². The van der Waals surface area contributed by atoms with Crippen LogP contribution in [0.2, 0.25) is 0 Å². The van der Waals surface area contributed by atoms with Gasteiger partial charge >= 0.3 is 0 Å². The summed E-state index contributed by atoms with van der Waals surface area (Å²) in [6.45, 7) is 5.24. The number of nitrogens with one attached hydrogen (secondary N) is 2. The summed E-state index contributed by atoms with van der Waals surface area (Å²) in [5.74, 6) is 0.790. The van der Waals surface area contributed by atoms with Gasteiger partial charge in [-0.25, -0.2) is 13.1 Å². The summed E-state index contributed by atoms with van der Waals surface area (Å²) in [6.07, 6.45) is 1.62. The first-order valence-electron chi connectivity index (χ1n) is 8.08. The zero-order valence-corrected chi connectivity index (χ0v) is 14.5. The number of hydrogen-bond donors (Lipinski definition) is 2. The maximum Gasteiger partial charge on any atom is 0.240 e. The summed E-state index contributed by atoms with van der Waals surface area (Å²) in [5, 5.41) is 0. The van der Waals surface area contributed by atoms with Crippen LogP contribution in [0.5, 0.6) is 0 Å². The fraction of sp³-hybridized carbons (Fsp3) is 0.412. The Morgan fingerprint density at radius 3 is 2.50 bits per heavy atom. The fourth-order valence-electron chi connectivity index (χ4n) is 2.91. The predicted molar refractivity (Wildman–Crippen MR) is 89.3 cm³/mol. The van der Waals surface area contributed by atoms with Crippen LogP contribution in [-0.4, -0.2) is 41.3 Å². The summed E-state index contributed by atoms with van der Waals surface area (Å²) in [4.78, 5) is 1.55. The lowest BCUT2D eigenvalue weighted by molar-refractivity contribution is -0.938. The average molecular weight is 351 g/mol. The second kappa shape index (κ2) is 7.48. The second-order valence-corrected chi connectivity index (χ2v) is 7.77. The highest BCUT2D eigenvalue weighted by Crippen LogP contribution is 2.13. The summed E-state index contributed by atoms with van der Waals surface area (Å²) >= 11 is 0. The number of morpholine rings is 1. The predicted octanol–water partition coefficient (Wildman–Crippen LogP) is 0.523. The molecular weight excluding hydrogens is 328 g/mol. The molecule has 0 saturated carbocycles. The van der Waals surface area contributed by atoms with E-state index in [0.29, 0.717) is 19.8 Å². The number of quaternary nitrogens is 1. The third kappa shape index (κ3) is 4.05. The molecule has 0 spiro atoms. The third-order valence-corrected chi connectivity index (χ3v) is 5.76. The van der Waals surface area contributed by atoms with Crippen LogP contribution in [0.15, 0.2) is 52.0 Å². The molecule has 3 rings (SSSR count). The Morgan fingerprint density at radius 2 is 1.88 bits per heavy atom. The molecule has 0 aliphatic carbocycles. The van der Waals surface area contributed by atoms with E-state index in [9.17, 15) is 8.42 Å². The highest BCUT2D eigenvalue weighted by molar-refractivity contribution is 7.89. The van der Waals surface area contributed by atoms with E-state index >= 15 is 0 Å². The third-order valence-electron chi connectivity index (χ3n) is 4.32. The van der Waals surface area contributed by atoms with Crippen molar-refractivity contribution < 1.29 is 22.5 Å². The maximum absolute atomic E-state index is 12.5. The molecule has 24 heavy (non-hydrogen) atoms. The fourth-order valence-corrected chi connectivity index (χ4v) is 3.96. The van der Waals surface area contributed by atoms with Gasteiger partial charge in [-0.2, -0.15) is 0 Å². The molecule has 6 nitrogen and oxygen atoms in total. The minimum atomic E-state index is -3.54. The summed E-state index contributed by atoms with van der Waals surface area (Å²) in [5.41, 5.74) is 1.03. The lowest BCUT2D eigenvalue weighted by Crippen LogP contribution is -3.15. The molecule has 1 fully saturated rings. The van der Waals surface area contributed by atoms with Gasteiger partial charge in [-0.15, -0.1) is 0 Å². The molecule has 1 aliphatic heterocycles. The second-order valence-electron chi connectivity index (χ2n) is 6.00. The summed E-state index contributed by atoms with van der Waals surface area (Å²) < 4.78 is 38.7. The SMILES string of the molecule is Cc1ccc(S(=O)(=O)NC[C@H](c2ccco2)[NH+]2CCOCC2)cc1. The minimum Gasteiger partial charge on any atom is -0.463 e. The van der Waals surface area contributed by atoms with Crippen LogP contribution in [0.3, 0.4) is 0 Å². The number of ether oxygens (including phenoxy) is 1. The molecule has 2 aromatic rings. The van der Waals surface area contributed by atoms with Gasteiger partial charge in [-0.1, -0.05) is 17.7 Å². The standard InChI is InChI=1S/C17H22N2O4S/c1-14-4-6-15(7-5-14)24(20,21)18-13-16(17-3-2-10-23-17)19-8-11-22-12-9-19/h2-7,10,16,18H,8-9,11-13H2,1H3/p+1/t16-/m1/s1. The largest absolute Gasteiger partial charge is 0.463 e. The van der Waals surface area contributed by atoms with E-state index in [0.717, 1.165) is 24.4 Å². The summed E-state index contributed by atoms with van der Waals surface area (Å²) in [6, 6.07) is 10.5. The van der Waals surface area contributed by atoms with E-state index in [-0.39, 0.29) is 10.9 Å². The molecular formula is C17H23N2O4S+. The van der Waals surface area contributed by atoms with E-state index in [1.54, 1.807) is 30.5 Å². The molecule has 1 atom stereocenters. The van der Waals surface area contributed by atoms with Gasteiger partial charge in [0.15, 0.2) is 11.8 Å². The van der Waals surface area contributed by atoms with Crippen LogP contribution >= 0.6 is 0 Å². The van der Waals surface area contributed by atoms with Crippen molar-refractivity contribution in [1.29, 1.82) is 0 Å². The Hall–Kier alpha value is -1.67. The van der Waals surface area contributed by atoms with Crippen LogP contribution in [0.4, 0.5) is 0 Å². The van der Waals surface area contributed by atoms with Gasteiger partial charge in [-0.05, 0) is 31.2 Å². The van der Waals surface area contributed by atoms with Gasteiger partial charge in [-0.3, -0.25) is 0 Å². The highest BCUT2D eigenvalue weighted by atomic mass is 32.2. The molecule has 1 aliphatic rings. The van der Waals surface area contributed by atoms with E-state index < -0.39 is 10.0 Å². The minimum absolute atomic E-state index is 0.0656. The van der Waals surface area contributed by atoms with Crippen LogP contribution in [0, 0.1) is 6.92 Å². The number of furan rings is 1. The number of aryl methyl sites for hydroxylation is 1. The molecule has 130 valence electrons. The molecule has 0 amide bonds. The van der Waals surface area contributed by atoms with E-state index in [2.05, 4.69) is 4.72 Å². The Bertz CT molecular complexity index is 735. The van der Waals surface area contributed by atoms with E-state index in [4.69, 9.17) is 9.15 Å². The van der Waals surface area contributed by atoms with Gasteiger partial charge in [0.1, 0.15) is 13.1 Å². The molecule has 1 aromatic heterocycles. The van der Waals surface area contributed by atoms with E-state index in [1.807, 2.05) is 19.1 Å². The Labute approximate surface area is 142 Å². The number of hydrogen-bond acceptors (Lipinski definition) is 4. The molecule has 1 saturated heterocycles. The van der Waals surface area contributed by atoms with E-state index in [1.165, 1.54) is 4.90 Å². The normalized spacial score (nSPS) is 17.7. The molecule has 2 N–H and O–H groups in total. The van der Waals surface area contributed by atoms with Crippen molar-refractivity contribution in [2.45, 2.75) is 17.9 Å². The first-order valence-corrected chi connectivity index (χ1v) is 9.56. The van der Waals surface area contributed by atoms with Crippen molar-refractivity contribution in [2.75, 3.05) is 32.8 Å². The van der Waals surface area contributed by atoms with Crippen molar-refractivity contribution in [1.82, 2.24) is 4.72 Å². The summed E-state index contributed by atoms with van der Waals surface area (Å²) in [7, 11) is -3.54. The first-order chi connectivity index (χ1) is 11.6. The van der Waals surface area contributed by atoms with Crippen molar-refractivity contribution in [2.24, 2.45) is 0 Å². The maximum atomic E-state index is 12.5. The van der Waals surface area contributed by atoms with Crippen LogP contribution in [0.25, 0.3) is 0 Å². The topological polar surface area (TPSA) is 73.0 Å². The van der Waals surface area contributed by atoms with Gasteiger partial charge in [0.2, 0.25) is 10.0 Å². The van der Waals surface area contributed by atoms with Crippen molar-refractivity contribution in [3.05, 3.63) is 54.0 Å². The zero-order valence-electron chi connectivity index (χ0n) is 13.7. The number of rotatable bonds is 6. The molecule has 0 unspecified atom stereocenters. The Kier molecular flexibility index (Phi) is 5.35. The number of benzene rings is 1. The lowest BCUT2D eigenvalue weighted by Gasteiger charge is -2.30. The molecule has 7 heteroatoms. The highest BCUT2D eigenvalue weighted by Gasteiger charge is 2.30. The Balaban J connectivity index is 1.74. The monoisotopic (exact) mass is 351 g/mol. The van der Waals surface area contributed by atoms with Gasteiger partial charge in [0, 0.05) is 0 Å². The number of sulfonamides is 1. The molecule has 2 heterocycles. The Morgan fingerprint density at radius 1 is 1.17 bits per heavy atom. The van der Waals surface area contributed by atoms with Gasteiger partial charge < -0.3 is 14.1 Å². The molecule has 1 aromatic carbocycles. The molecule has 0 radical (unpaired) electrons. The lowest BCUT2D eigenvalue weighted by atomic mass is 10.2. The van der Waals surface area contributed by atoms with Crippen molar-refractivity contribution in [3.8, 4) is 0 Å². The van der Waals surface area contributed by atoms with Crippen LogP contribution in [-0.2, 0) is 14.8 Å². The van der Waals surface area contributed by atoms with Crippen molar-refractivity contribution >= 4 is 10.0 Å². The zero-order chi connectivity index (χ0) is 17.0. The van der Waals surface area contributed by atoms with Crippen LogP contribution in [0.1, 0.15) is 17.4 Å². The smallest absolute Gasteiger partial charge is 0.240 e.